The molecule has 0 bridgehead atoms. The first kappa shape index (κ1) is 18.9. The first-order valence-corrected chi connectivity index (χ1v) is 9.31. The van der Waals surface area contributed by atoms with Crippen LogP contribution in [-0.4, -0.2) is 26.8 Å². The Hall–Kier alpha value is -2.88. The summed E-state index contributed by atoms with van der Waals surface area (Å²) in [4.78, 5) is 14.7. The maximum absolute atomic E-state index is 14.4. The lowest BCUT2D eigenvalue weighted by molar-refractivity contribution is 0.00472. The monoisotopic (exact) mass is 389 g/mol. The van der Waals surface area contributed by atoms with Crippen molar-refractivity contribution in [2.45, 2.75) is 5.72 Å². The average Bonchev–Trinajstić information content (AvgIpc) is 2.67. The first-order valence-electron chi connectivity index (χ1n) is 7.76. The lowest BCUT2D eigenvalue weighted by Crippen LogP contribution is -2.48. The Morgan fingerprint density at radius 2 is 2.07 bits per heavy atom. The summed E-state index contributed by atoms with van der Waals surface area (Å²) in [7, 11) is -2.78. The summed E-state index contributed by atoms with van der Waals surface area (Å²) < 4.78 is 44.0. The van der Waals surface area contributed by atoms with E-state index in [2.05, 4.69) is 10.3 Å². The number of halogens is 1. The molecule has 0 amide bonds. The highest BCUT2D eigenvalue weighted by atomic mass is 32.2. The van der Waals surface area contributed by atoms with E-state index in [1.807, 2.05) is 0 Å². The molecule has 27 heavy (non-hydrogen) atoms. The predicted molar refractivity (Wildman–Crippen MR) is 97.2 cm³/mol. The Morgan fingerprint density at radius 3 is 2.70 bits per heavy atom. The van der Waals surface area contributed by atoms with Crippen LogP contribution >= 0.6 is 0 Å². The molecule has 0 spiro atoms. The molecule has 1 unspecified atom stereocenters. The number of ether oxygens (including phenoxy) is 1. The zero-order valence-corrected chi connectivity index (χ0v) is 15.0. The molecule has 1 atom stereocenters. The number of carbonyl (C=O) groups excluding carboxylic acids is 1. The Kier molecular flexibility index (Phi) is 4.92. The van der Waals surface area contributed by atoms with Gasteiger partial charge in [-0.1, -0.05) is 6.07 Å². The molecule has 0 fully saturated rings. The first-order chi connectivity index (χ1) is 12.8. The van der Waals surface area contributed by atoms with Gasteiger partial charge < -0.3 is 10.1 Å². The van der Waals surface area contributed by atoms with Crippen LogP contribution < -0.4 is 10.5 Å². The predicted octanol–water partition coefficient (Wildman–Crippen LogP) is 1.79. The third kappa shape index (κ3) is 3.39. The van der Waals surface area contributed by atoms with Crippen LogP contribution in [0, 0.1) is 5.82 Å². The molecule has 1 aliphatic heterocycles. The summed E-state index contributed by atoms with van der Waals surface area (Å²) in [5.41, 5.74) is -0.637. The largest absolute Gasteiger partial charge is 0.356 e. The minimum absolute atomic E-state index is 0.154. The topological polar surface area (TPSA) is 111 Å². The van der Waals surface area contributed by atoms with Gasteiger partial charge in [0, 0.05) is 30.0 Å². The summed E-state index contributed by atoms with van der Waals surface area (Å²) in [6.07, 6.45) is 6.26. The van der Waals surface area contributed by atoms with Crippen molar-refractivity contribution < 1.29 is 22.3 Å². The molecule has 0 aliphatic carbocycles. The number of rotatable bonds is 5. The van der Waals surface area contributed by atoms with Crippen molar-refractivity contribution >= 4 is 16.3 Å². The molecule has 1 aromatic carbocycles. The number of dihydropyridines is 1. The molecule has 1 aromatic heterocycles. The van der Waals surface area contributed by atoms with Crippen molar-refractivity contribution in [3.05, 3.63) is 76.7 Å². The molecule has 140 valence electrons. The number of nitrogens with one attached hydrogen (secondary N) is 1. The molecule has 9 heteroatoms. The van der Waals surface area contributed by atoms with Gasteiger partial charge in [0.1, 0.15) is 17.0 Å². The maximum Gasteiger partial charge on any atom is 0.239 e. The fourth-order valence-electron chi connectivity index (χ4n) is 2.90. The fraction of sp³-hybridized carbons (Fsp3) is 0.111. The molecule has 0 saturated carbocycles. The van der Waals surface area contributed by atoms with Crippen molar-refractivity contribution in [2.75, 3.05) is 7.11 Å². The van der Waals surface area contributed by atoms with Crippen molar-refractivity contribution in [1.29, 1.82) is 0 Å². The number of aldehydes is 1. The van der Waals surface area contributed by atoms with Gasteiger partial charge in [-0.2, -0.15) is 0 Å². The van der Waals surface area contributed by atoms with E-state index in [4.69, 9.17) is 9.88 Å². The van der Waals surface area contributed by atoms with Crippen molar-refractivity contribution in [3.8, 4) is 11.3 Å². The van der Waals surface area contributed by atoms with E-state index in [1.54, 1.807) is 0 Å². The SMILES string of the molecule is COC1(c2ccnc(-c3ccc(C=O)cc3F)c2)NC=CC=C1S(N)(=O)=O. The van der Waals surface area contributed by atoms with Gasteiger partial charge >= 0.3 is 0 Å². The number of carbonyl (C=O) groups is 1. The minimum Gasteiger partial charge on any atom is -0.356 e. The van der Waals surface area contributed by atoms with Crippen LogP contribution in [0.25, 0.3) is 11.3 Å². The number of methoxy groups -OCH3 is 1. The van der Waals surface area contributed by atoms with Gasteiger partial charge in [-0.15, -0.1) is 0 Å². The van der Waals surface area contributed by atoms with Gasteiger partial charge in [0.05, 0.1) is 5.69 Å². The number of benzene rings is 1. The highest BCUT2D eigenvalue weighted by molar-refractivity contribution is 7.93. The van der Waals surface area contributed by atoms with E-state index in [9.17, 15) is 17.6 Å². The Morgan fingerprint density at radius 1 is 1.30 bits per heavy atom. The van der Waals surface area contributed by atoms with E-state index in [1.165, 1.54) is 55.9 Å². The normalized spacial score (nSPS) is 19.3. The van der Waals surface area contributed by atoms with Gasteiger partial charge in [0.2, 0.25) is 15.7 Å². The van der Waals surface area contributed by atoms with E-state index in [0.29, 0.717) is 11.8 Å². The fourth-order valence-corrected chi connectivity index (χ4v) is 3.83. The molecule has 3 rings (SSSR count). The number of pyridine rings is 1. The standard InChI is InChI=1S/C18H16FN3O4S/c1-26-18(17(27(20,24)25)3-2-7-22-18)13-6-8-21-16(10-13)14-5-4-12(11-23)9-15(14)19/h2-11,22H,1H3,(H2,20,24,25). The highest BCUT2D eigenvalue weighted by Gasteiger charge is 2.42. The summed E-state index contributed by atoms with van der Waals surface area (Å²) in [6.45, 7) is 0. The summed E-state index contributed by atoms with van der Waals surface area (Å²) in [6, 6.07) is 7.02. The highest BCUT2D eigenvalue weighted by Crippen LogP contribution is 2.36. The number of hydrogen-bond acceptors (Lipinski definition) is 6. The maximum atomic E-state index is 14.4. The number of nitrogens with two attached hydrogens (primary N) is 1. The number of nitrogens with zero attached hydrogens (tertiary/aromatic N) is 1. The molecular weight excluding hydrogens is 373 g/mol. The number of hydrogen-bond donors (Lipinski definition) is 2. The van der Waals surface area contributed by atoms with Crippen molar-refractivity contribution in [3.63, 3.8) is 0 Å². The smallest absolute Gasteiger partial charge is 0.239 e. The summed E-state index contributed by atoms with van der Waals surface area (Å²) >= 11 is 0. The third-order valence-electron chi connectivity index (χ3n) is 4.16. The second-order valence-corrected chi connectivity index (χ2v) is 7.28. The van der Waals surface area contributed by atoms with Crippen molar-refractivity contribution in [2.24, 2.45) is 5.14 Å². The third-order valence-corrected chi connectivity index (χ3v) is 5.20. The number of primary sulfonamides is 1. The zero-order valence-electron chi connectivity index (χ0n) is 14.2. The van der Waals surface area contributed by atoms with Crippen molar-refractivity contribution in [1.82, 2.24) is 10.3 Å². The second kappa shape index (κ2) is 7.03. The zero-order chi connectivity index (χ0) is 19.7. The molecular formula is C18H16FN3O4S. The van der Waals surface area contributed by atoms with Gasteiger partial charge in [-0.25, -0.2) is 17.9 Å². The number of aromatic nitrogens is 1. The van der Waals surface area contributed by atoms with Gasteiger partial charge in [0.25, 0.3) is 0 Å². The van der Waals surface area contributed by atoms with E-state index in [-0.39, 0.29) is 21.7 Å². The lowest BCUT2D eigenvalue weighted by atomic mass is 9.98. The van der Waals surface area contributed by atoms with Crippen LogP contribution in [0.5, 0.6) is 0 Å². The van der Waals surface area contributed by atoms with Crippen LogP contribution in [0.1, 0.15) is 15.9 Å². The van der Waals surface area contributed by atoms with Crippen LogP contribution in [-0.2, 0) is 20.5 Å². The Labute approximate surface area is 155 Å². The Balaban J connectivity index is 2.16. The Bertz CT molecular complexity index is 1070. The van der Waals surface area contributed by atoms with E-state index >= 15 is 0 Å². The summed E-state index contributed by atoms with van der Waals surface area (Å²) in [5, 5.41) is 8.21. The average molecular weight is 389 g/mol. The quantitative estimate of drug-likeness (QED) is 0.754. The van der Waals surface area contributed by atoms with Gasteiger partial charge in [-0.05, 0) is 42.6 Å². The van der Waals surface area contributed by atoms with Crippen LogP contribution in [0.2, 0.25) is 0 Å². The van der Waals surface area contributed by atoms with E-state index < -0.39 is 21.6 Å². The number of sulfonamides is 1. The van der Waals surface area contributed by atoms with Gasteiger partial charge in [-0.3, -0.25) is 9.78 Å². The minimum atomic E-state index is -4.10. The molecule has 3 N–H and O–H groups in total. The van der Waals surface area contributed by atoms with Gasteiger partial charge in [0.15, 0.2) is 0 Å². The van der Waals surface area contributed by atoms with Crippen LogP contribution in [0.15, 0.2) is 59.8 Å². The molecule has 0 saturated heterocycles. The summed E-state index contributed by atoms with van der Waals surface area (Å²) in [5.74, 6) is -0.630. The lowest BCUT2D eigenvalue weighted by Gasteiger charge is -2.36. The molecule has 7 nitrogen and oxygen atoms in total. The molecule has 1 aliphatic rings. The molecule has 0 radical (unpaired) electrons. The number of allylic oxidation sites excluding steroid dienone is 2. The molecule has 2 heterocycles. The van der Waals surface area contributed by atoms with Crippen LogP contribution in [0.4, 0.5) is 4.39 Å². The van der Waals surface area contributed by atoms with E-state index in [0.717, 1.165) is 6.07 Å². The molecule has 2 aromatic rings. The second-order valence-electron chi connectivity index (χ2n) is 5.75. The van der Waals surface area contributed by atoms with Crippen LogP contribution in [0.3, 0.4) is 0 Å².